The predicted molar refractivity (Wildman–Crippen MR) is 97.5 cm³/mol. The number of benzene rings is 2. The zero-order valence-electron chi connectivity index (χ0n) is 13.4. The van der Waals surface area contributed by atoms with Crippen molar-refractivity contribution in [3.05, 3.63) is 62.1 Å². The molecule has 26 heavy (non-hydrogen) atoms. The van der Waals surface area contributed by atoms with E-state index in [9.17, 15) is 19.7 Å². The minimum atomic E-state index is -1.17. The van der Waals surface area contributed by atoms with Gasteiger partial charge >= 0.3 is 5.97 Å². The number of ether oxygens (including phenoxy) is 1. The van der Waals surface area contributed by atoms with Gasteiger partial charge in [-0.2, -0.15) is 0 Å². The fourth-order valence-corrected chi connectivity index (χ4v) is 2.29. The van der Waals surface area contributed by atoms with Gasteiger partial charge in [0, 0.05) is 17.2 Å². The molecule has 0 aromatic heterocycles. The number of esters is 1. The molecule has 3 N–H and O–H groups in total. The summed E-state index contributed by atoms with van der Waals surface area (Å²) < 4.78 is 5.04. The normalized spacial score (nSPS) is 11.5. The van der Waals surface area contributed by atoms with E-state index in [1.54, 1.807) is 6.07 Å². The van der Waals surface area contributed by atoms with Gasteiger partial charge in [0.25, 0.3) is 11.6 Å². The molecule has 0 spiro atoms. The van der Waals surface area contributed by atoms with Crippen LogP contribution in [0.4, 0.5) is 17.1 Å². The summed E-state index contributed by atoms with van der Waals surface area (Å²) in [5, 5.41) is 13.8. The van der Waals surface area contributed by atoms with Crippen LogP contribution in [0.15, 0.2) is 36.4 Å². The number of hydrogen-bond acceptors (Lipinski definition) is 6. The van der Waals surface area contributed by atoms with Crippen LogP contribution in [-0.4, -0.2) is 22.9 Å². The third-order valence-corrected chi connectivity index (χ3v) is 3.87. The van der Waals surface area contributed by atoms with E-state index < -0.39 is 22.9 Å². The zero-order valence-corrected chi connectivity index (χ0v) is 14.9. The van der Waals surface area contributed by atoms with Crippen molar-refractivity contribution in [3.8, 4) is 0 Å². The summed E-state index contributed by atoms with van der Waals surface area (Å²) in [6, 6.07) is 7.82. The Morgan fingerprint density at radius 2 is 1.92 bits per heavy atom. The maximum atomic E-state index is 12.2. The van der Waals surface area contributed by atoms with Crippen LogP contribution in [0.5, 0.6) is 0 Å². The van der Waals surface area contributed by atoms with Crippen LogP contribution < -0.4 is 11.1 Å². The highest BCUT2D eigenvalue weighted by Gasteiger charge is 2.22. The highest BCUT2D eigenvalue weighted by Crippen LogP contribution is 2.26. The van der Waals surface area contributed by atoms with Crippen molar-refractivity contribution in [2.45, 2.75) is 13.0 Å². The molecule has 10 heteroatoms. The largest absolute Gasteiger partial charge is 0.449 e. The van der Waals surface area contributed by atoms with E-state index >= 15 is 0 Å². The number of carbonyl (C=O) groups is 2. The number of nitrogen functional groups attached to an aromatic ring is 1. The van der Waals surface area contributed by atoms with Crippen LogP contribution in [0, 0.1) is 10.1 Å². The first-order valence-corrected chi connectivity index (χ1v) is 7.95. The quantitative estimate of drug-likeness (QED) is 0.343. The molecule has 2 rings (SSSR count). The Morgan fingerprint density at radius 3 is 2.54 bits per heavy atom. The van der Waals surface area contributed by atoms with Crippen LogP contribution >= 0.6 is 23.2 Å². The van der Waals surface area contributed by atoms with E-state index in [0.29, 0.717) is 5.02 Å². The summed E-state index contributed by atoms with van der Waals surface area (Å²) in [5.41, 5.74) is 5.42. The molecular weight excluding hydrogens is 385 g/mol. The fourth-order valence-electron chi connectivity index (χ4n) is 1.95. The monoisotopic (exact) mass is 397 g/mol. The predicted octanol–water partition coefficient (Wildman–Crippen LogP) is 3.67. The number of nitrogens with one attached hydrogen (secondary N) is 1. The number of carbonyl (C=O) groups excluding carboxylic acids is 2. The first kappa shape index (κ1) is 19.5. The van der Waals surface area contributed by atoms with Crippen molar-refractivity contribution >= 4 is 52.1 Å². The lowest BCUT2D eigenvalue weighted by Gasteiger charge is -2.15. The van der Waals surface area contributed by atoms with Crippen molar-refractivity contribution in [1.82, 2.24) is 0 Å². The molecular formula is C16H13Cl2N3O5. The van der Waals surface area contributed by atoms with E-state index in [2.05, 4.69) is 5.32 Å². The number of nitro groups is 1. The third-order valence-electron chi connectivity index (χ3n) is 3.31. The molecule has 0 saturated carbocycles. The Hall–Kier alpha value is -2.84. The van der Waals surface area contributed by atoms with E-state index in [0.717, 1.165) is 18.2 Å². The highest BCUT2D eigenvalue weighted by atomic mass is 35.5. The molecule has 0 radical (unpaired) electrons. The molecule has 0 aliphatic heterocycles. The Labute approximate surface area is 158 Å². The molecule has 0 aliphatic rings. The number of halogens is 2. The van der Waals surface area contributed by atoms with Crippen molar-refractivity contribution in [2.75, 3.05) is 11.1 Å². The number of nitrogens with zero attached hydrogens (tertiary/aromatic N) is 1. The van der Waals surface area contributed by atoms with E-state index in [1.165, 1.54) is 19.1 Å². The van der Waals surface area contributed by atoms with Crippen molar-refractivity contribution < 1.29 is 19.2 Å². The summed E-state index contributed by atoms with van der Waals surface area (Å²) >= 11 is 11.8. The molecule has 1 unspecified atom stereocenters. The first-order valence-electron chi connectivity index (χ1n) is 7.20. The van der Waals surface area contributed by atoms with E-state index in [1.807, 2.05) is 0 Å². The second-order valence-corrected chi connectivity index (χ2v) is 6.03. The SMILES string of the molecule is CC(OC(=O)c1ccc([N+](=O)[O-])cc1N)C(=O)Nc1cc(Cl)ccc1Cl. The number of hydrogen-bond donors (Lipinski definition) is 2. The highest BCUT2D eigenvalue weighted by molar-refractivity contribution is 6.35. The third kappa shape index (κ3) is 4.62. The van der Waals surface area contributed by atoms with Gasteiger partial charge in [-0.15, -0.1) is 0 Å². The molecule has 0 saturated heterocycles. The molecule has 0 bridgehead atoms. The summed E-state index contributed by atoms with van der Waals surface area (Å²) in [7, 11) is 0. The van der Waals surface area contributed by atoms with Gasteiger partial charge in [0.2, 0.25) is 0 Å². The summed E-state index contributed by atoms with van der Waals surface area (Å²) in [6.45, 7) is 1.35. The van der Waals surface area contributed by atoms with Crippen molar-refractivity contribution in [1.29, 1.82) is 0 Å². The van der Waals surface area contributed by atoms with Gasteiger partial charge in [-0.05, 0) is 31.2 Å². The van der Waals surface area contributed by atoms with Crippen LogP contribution in [0.1, 0.15) is 17.3 Å². The zero-order chi connectivity index (χ0) is 19.4. The molecule has 0 heterocycles. The van der Waals surface area contributed by atoms with Gasteiger partial charge in [-0.1, -0.05) is 23.2 Å². The van der Waals surface area contributed by atoms with Crippen LogP contribution in [0.2, 0.25) is 10.0 Å². The van der Waals surface area contributed by atoms with Gasteiger partial charge in [0.05, 0.1) is 26.9 Å². The molecule has 2 aromatic carbocycles. The maximum absolute atomic E-state index is 12.2. The Bertz CT molecular complexity index is 888. The molecule has 2 aromatic rings. The van der Waals surface area contributed by atoms with E-state index in [4.69, 9.17) is 33.7 Å². The van der Waals surface area contributed by atoms with Crippen LogP contribution in [0.3, 0.4) is 0 Å². The molecule has 1 amide bonds. The van der Waals surface area contributed by atoms with Gasteiger partial charge in [-0.3, -0.25) is 14.9 Å². The summed E-state index contributed by atoms with van der Waals surface area (Å²) in [5.74, 6) is -1.53. The lowest BCUT2D eigenvalue weighted by atomic mass is 10.1. The lowest BCUT2D eigenvalue weighted by molar-refractivity contribution is -0.384. The average molecular weight is 398 g/mol. The molecule has 136 valence electrons. The Morgan fingerprint density at radius 1 is 1.23 bits per heavy atom. The van der Waals surface area contributed by atoms with Gasteiger partial charge < -0.3 is 15.8 Å². The van der Waals surface area contributed by atoms with Gasteiger partial charge in [0.15, 0.2) is 6.10 Å². The lowest BCUT2D eigenvalue weighted by Crippen LogP contribution is -2.30. The number of non-ortho nitro benzene ring substituents is 1. The minimum absolute atomic E-state index is 0.0870. The van der Waals surface area contributed by atoms with Crippen LogP contribution in [-0.2, 0) is 9.53 Å². The fraction of sp³-hybridized carbons (Fsp3) is 0.125. The molecule has 0 aliphatic carbocycles. The number of rotatable bonds is 5. The van der Waals surface area contributed by atoms with Gasteiger partial charge in [0.1, 0.15) is 0 Å². The topological polar surface area (TPSA) is 125 Å². The number of amides is 1. The van der Waals surface area contributed by atoms with Crippen molar-refractivity contribution in [3.63, 3.8) is 0 Å². The van der Waals surface area contributed by atoms with Crippen molar-refractivity contribution in [2.24, 2.45) is 0 Å². The molecule has 0 fully saturated rings. The summed E-state index contributed by atoms with van der Waals surface area (Å²) in [6.07, 6.45) is -1.17. The standard InChI is InChI=1S/C16H13Cl2N3O5/c1-8(15(22)20-14-6-9(17)2-5-12(14)18)26-16(23)11-4-3-10(21(24)25)7-13(11)19/h2-8H,19H2,1H3,(H,20,22). The van der Waals surface area contributed by atoms with Crippen LogP contribution in [0.25, 0.3) is 0 Å². The smallest absolute Gasteiger partial charge is 0.341 e. The molecule has 1 atom stereocenters. The number of anilines is 2. The minimum Gasteiger partial charge on any atom is -0.449 e. The molecule has 8 nitrogen and oxygen atoms in total. The number of nitrogens with two attached hydrogens (primary N) is 1. The average Bonchev–Trinajstić information content (AvgIpc) is 2.57. The Kier molecular flexibility index (Phi) is 6.01. The number of nitro benzene ring substituents is 1. The Balaban J connectivity index is 2.07. The van der Waals surface area contributed by atoms with E-state index in [-0.39, 0.29) is 27.6 Å². The first-order chi connectivity index (χ1) is 12.2. The maximum Gasteiger partial charge on any atom is 0.341 e. The summed E-state index contributed by atoms with van der Waals surface area (Å²) in [4.78, 5) is 34.3. The van der Waals surface area contributed by atoms with Gasteiger partial charge in [-0.25, -0.2) is 4.79 Å². The second-order valence-electron chi connectivity index (χ2n) is 5.19. The second kappa shape index (κ2) is 8.03.